The average Bonchev–Trinajstić information content (AvgIpc) is 3.10. The van der Waals surface area contributed by atoms with Crippen molar-refractivity contribution in [2.45, 2.75) is 51.3 Å². The number of rotatable bonds is 9. The molecule has 0 radical (unpaired) electrons. The molecule has 1 aromatic carbocycles. The molecule has 0 bridgehead atoms. The molecule has 2 aromatic rings. The van der Waals surface area contributed by atoms with Gasteiger partial charge in [0, 0.05) is 24.6 Å². The van der Waals surface area contributed by atoms with E-state index in [0.717, 1.165) is 12.8 Å². The Morgan fingerprint density at radius 2 is 1.70 bits per heavy atom. The predicted octanol–water partition coefficient (Wildman–Crippen LogP) is 3.26. The fourth-order valence-corrected chi connectivity index (χ4v) is 4.09. The summed E-state index contributed by atoms with van der Waals surface area (Å²) in [6, 6.07) is 5.83. The number of amides is 1. The van der Waals surface area contributed by atoms with Crippen molar-refractivity contribution < 1.29 is 17.6 Å². The Kier molecular flexibility index (Phi) is 7.09. The fourth-order valence-electron chi connectivity index (χ4n) is 2.47. The lowest BCUT2D eigenvalue weighted by Crippen LogP contribution is -2.32. The molecule has 8 nitrogen and oxygen atoms in total. The summed E-state index contributed by atoms with van der Waals surface area (Å²) in [5, 5.41) is 10.1. The first-order valence-electron chi connectivity index (χ1n) is 9.04. The van der Waals surface area contributed by atoms with E-state index in [9.17, 15) is 13.2 Å². The topological polar surface area (TPSA) is 105 Å². The van der Waals surface area contributed by atoms with E-state index >= 15 is 0 Å². The van der Waals surface area contributed by atoms with Gasteiger partial charge in [-0.15, -0.1) is 5.10 Å². The smallest absolute Gasteiger partial charge is 0.322 e. The monoisotopic (exact) mass is 394 g/mol. The maximum absolute atomic E-state index is 12.7. The third kappa shape index (κ3) is 5.14. The molecule has 1 N–H and O–H groups in total. The molecular weight excluding hydrogens is 368 g/mol. The van der Waals surface area contributed by atoms with Crippen LogP contribution in [-0.2, 0) is 10.0 Å². The summed E-state index contributed by atoms with van der Waals surface area (Å²) in [7, 11) is -3.57. The number of aromatic nitrogens is 2. The van der Waals surface area contributed by atoms with E-state index in [0.29, 0.717) is 24.5 Å². The minimum Gasteiger partial charge on any atom is -0.408 e. The molecular formula is C18H26N4O4S. The summed E-state index contributed by atoms with van der Waals surface area (Å²) in [6.07, 6.45) is 1.48. The van der Waals surface area contributed by atoms with Gasteiger partial charge in [0.25, 0.3) is 5.91 Å². The first-order valence-corrected chi connectivity index (χ1v) is 10.5. The lowest BCUT2D eigenvalue weighted by molar-refractivity contribution is 0.102. The molecule has 0 saturated heterocycles. The van der Waals surface area contributed by atoms with Crippen LogP contribution in [-0.4, -0.2) is 41.9 Å². The highest BCUT2D eigenvalue weighted by Gasteiger charge is 2.23. The number of sulfonamides is 1. The Labute approximate surface area is 160 Å². The van der Waals surface area contributed by atoms with Gasteiger partial charge in [-0.05, 0) is 37.1 Å². The van der Waals surface area contributed by atoms with Gasteiger partial charge in [0.2, 0.25) is 15.9 Å². The normalized spacial score (nSPS) is 11.9. The van der Waals surface area contributed by atoms with Gasteiger partial charge >= 0.3 is 6.01 Å². The van der Waals surface area contributed by atoms with Crippen molar-refractivity contribution in [3.63, 3.8) is 0 Å². The second-order valence-electron chi connectivity index (χ2n) is 6.48. The number of nitrogens with one attached hydrogen (secondary N) is 1. The quantitative estimate of drug-likeness (QED) is 0.700. The van der Waals surface area contributed by atoms with E-state index in [1.54, 1.807) is 0 Å². The molecule has 2 rings (SSSR count). The zero-order valence-electron chi connectivity index (χ0n) is 16.1. The molecule has 1 heterocycles. The number of hydrogen-bond donors (Lipinski definition) is 1. The van der Waals surface area contributed by atoms with Crippen LogP contribution < -0.4 is 5.32 Å². The number of benzene rings is 1. The molecule has 0 fully saturated rings. The number of hydrogen-bond acceptors (Lipinski definition) is 6. The van der Waals surface area contributed by atoms with E-state index in [-0.39, 0.29) is 16.8 Å². The maximum Gasteiger partial charge on any atom is 0.322 e. The average molecular weight is 394 g/mol. The van der Waals surface area contributed by atoms with Gasteiger partial charge in [-0.3, -0.25) is 10.1 Å². The highest BCUT2D eigenvalue weighted by Crippen LogP contribution is 2.19. The molecule has 0 aliphatic rings. The van der Waals surface area contributed by atoms with Crippen LogP contribution in [0.25, 0.3) is 0 Å². The second-order valence-corrected chi connectivity index (χ2v) is 8.42. The SMILES string of the molecule is CCCN(CCC)S(=O)(=O)c1ccc(C(=O)Nc2nnc(C(C)C)o2)cc1. The zero-order chi connectivity index (χ0) is 20.0. The van der Waals surface area contributed by atoms with Crippen LogP contribution in [0.3, 0.4) is 0 Å². The van der Waals surface area contributed by atoms with Gasteiger partial charge in [-0.1, -0.05) is 32.8 Å². The zero-order valence-corrected chi connectivity index (χ0v) is 16.9. The summed E-state index contributed by atoms with van der Waals surface area (Å²) in [5.41, 5.74) is 0.302. The minimum atomic E-state index is -3.57. The van der Waals surface area contributed by atoms with Crippen molar-refractivity contribution in [2.24, 2.45) is 0 Å². The molecule has 0 spiro atoms. The third-order valence-electron chi connectivity index (χ3n) is 3.86. The van der Waals surface area contributed by atoms with Crippen molar-refractivity contribution in [3.05, 3.63) is 35.7 Å². The summed E-state index contributed by atoms with van der Waals surface area (Å²) in [5.74, 6) is 0.0392. The van der Waals surface area contributed by atoms with Crippen LogP contribution >= 0.6 is 0 Å². The van der Waals surface area contributed by atoms with Crippen LogP contribution in [0.4, 0.5) is 6.01 Å². The lowest BCUT2D eigenvalue weighted by atomic mass is 10.2. The molecule has 1 amide bonds. The number of anilines is 1. The van der Waals surface area contributed by atoms with Crippen molar-refractivity contribution in [2.75, 3.05) is 18.4 Å². The van der Waals surface area contributed by atoms with E-state index < -0.39 is 15.9 Å². The highest BCUT2D eigenvalue weighted by atomic mass is 32.2. The summed E-state index contributed by atoms with van der Waals surface area (Å²) >= 11 is 0. The standard InChI is InChI=1S/C18H26N4O4S/c1-5-11-22(12-6-2)27(24,25)15-9-7-14(8-10-15)16(23)19-18-21-20-17(26-18)13(3)4/h7-10,13H,5-6,11-12H2,1-4H3,(H,19,21,23). The minimum absolute atomic E-state index is 0.0115. The number of nitrogens with zero attached hydrogens (tertiary/aromatic N) is 3. The Morgan fingerprint density at radius 1 is 1.11 bits per heavy atom. The molecule has 9 heteroatoms. The van der Waals surface area contributed by atoms with E-state index in [1.165, 1.54) is 28.6 Å². The van der Waals surface area contributed by atoms with Crippen LogP contribution in [0.15, 0.2) is 33.6 Å². The number of carbonyl (C=O) groups excluding carboxylic acids is 1. The first kappa shape index (κ1) is 21.0. The van der Waals surface area contributed by atoms with E-state index in [1.807, 2.05) is 27.7 Å². The Balaban J connectivity index is 2.14. The van der Waals surface area contributed by atoms with Crippen molar-refractivity contribution in [1.82, 2.24) is 14.5 Å². The van der Waals surface area contributed by atoms with Crippen LogP contribution in [0.2, 0.25) is 0 Å². The van der Waals surface area contributed by atoms with Gasteiger partial charge in [-0.25, -0.2) is 8.42 Å². The van der Waals surface area contributed by atoms with Gasteiger partial charge in [0.05, 0.1) is 4.90 Å². The predicted molar refractivity (Wildman–Crippen MR) is 102 cm³/mol. The first-order chi connectivity index (χ1) is 12.8. The molecule has 0 atom stereocenters. The Hall–Kier alpha value is -2.26. The largest absolute Gasteiger partial charge is 0.408 e. The van der Waals surface area contributed by atoms with Crippen LogP contribution in [0.5, 0.6) is 0 Å². The van der Waals surface area contributed by atoms with Crippen molar-refractivity contribution in [1.29, 1.82) is 0 Å². The fraction of sp³-hybridized carbons (Fsp3) is 0.500. The third-order valence-corrected chi connectivity index (χ3v) is 5.77. The van der Waals surface area contributed by atoms with Crippen molar-refractivity contribution >= 4 is 21.9 Å². The highest BCUT2D eigenvalue weighted by molar-refractivity contribution is 7.89. The van der Waals surface area contributed by atoms with Crippen molar-refractivity contribution in [3.8, 4) is 0 Å². The maximum atomic E-state index is 12.7. The molecule has 0 aliphatic carbocycles. The van der Waals surface area contributed by atoms with E-state index in [4.69, 9.17) is 4.42 Å². The lowest BCUT2D eigenvalue weighted by Gasteiger charge is -2.21. The Bertz CT molecular complexity index is 854. The van der Waals surface area contributed by atoms with Gasteiger partial charge in [-0.2, -0.15) is 4.31 Å². The summed E-state index contributed by atoms with van der Waals surface area (Å²) in [6.45, 7) is 8.61. The second kappa shape index (κ2) is 9.09. The summed E-state index contributed by atoms with van der Waals surface area (Å²) < 4.78 is 32.3. The molecule has 0 saturated carbocycles. The summed E-state index contributed by atoms with van der Waals surface area (Å²) in [4.78, 5) is 12.5. The van der Waals surface area contributed by atoms with Gasteiger partial charge < -0.3 is 4.42 Å². The number of carbonyl (C=O) groups is 1. The molecule has 27 heavy (non-hydrogen) atoms. The van der Waals surface area contributed by atoms with Gasteiger partial charge in [0.1, 0.15) is 0 Å². The van der Waals surface area contributed by atoms with Crippen LogP contribution in [0, 0.1) is 0 Å². The molecule has 0 unspecified atom stereocenters. The molecule has 0 aliphatic heterocycles. The molecule has 148 valence electrons. The molecule has 1 aromatic heterocycles. The van der Waals surface area contributed by atoms with Crippen LogP contribution in [0.1, 0.15) is 62.7 Å². The Morgan fingerprint density at radius 3 is 2.19 bits per heavy atom. The van der Waals surface area contributed by atoms with Gasteiger partial charge in [0.15, 0.2) is 0 Å². The van der Waals surface area contributed by atoms with E-state index in [2.05, 4.69) is 15.5 Å².